The molecule has 2 aromatic carbocycles. The molecule has 0 aliphatic heterocycles. The summed E-state index contributed by atoms with van der Waals surface area (Å²) >= 11 is 2.01. The van der Waals surface area contributed by atoms with Crippen LogP contribution in [-0.4, -0.2) is 50.9 Å². The molecule has 220 valence electrons. The summed E-state index contributed by atoms with van der Waals surface area (Å²) in [5.74, 6) is -3.68. The molecule has 0 fully saturated rings. The zero-order chi connectivity index (χ0) is 30.2. The van der Waals surface area contributed by atoms with Crippen LogP contribution in [0, 0.1) is 17.5 Å². The van der Waals surface area contributed by atoms with Crippen LogP contribution < -0.4 is 10.6 Å². The third-order valence-corrected chi connectivity index (χ3v) is 8.08. The van der Waals surface area contributed by atoms with Gasteiger partial charge < -0.3 is 15.7 Å². The lowest BCUT2D eigenvalue weighted by Gasteiger charge is -2.23. The van der Waals surface area contributed by atoms with Crippen LogP contribution in [0.4, 0.5) is 13.2 Å². The number of carbonyl (C=O) groups is 3. The zero-order valence-corrected chi connectivity index (χ0v) is 24.0. The van der Waals surface area contributed by atoms with E-state index in [0.717, 1.165) is 46.4 Å². The minimum absolute atomic E-state index is 0.0616. The maximum Gasteiger partial charge on any atom is 0.263 e. The lowest BCUT2D eigenvalue weighted by Crippen LogP contribution is -2.51. The Morgan fingerprint density at radius 2 is 1.62 bits per heavy atom. The Morgan fingerprint density at radius 3 is 2.26 bits per heavy atom. The number of carbonyl (C=O) groups excluding carboxylic acids is 3. The number of amides is 2. The van der Waals surface area contributed by atoms with Crippen molar-refractivity contribution in [3.8, 4) is 10.6 Å². The first-order valence-electron chi connectivity index (χ1n) is 13.0. The highest BCUT2D eigenvalue weighted by molar-refractivity contribution is 7.16. The van der Waals surface area contributed by atoms with Crippen LogP contribution in [0.1, 0.15) is 51.2 Å². The van der Waals surface area contributed by atoms with Crippen LogP contribution in [0.15, 0.2) is 60.2 Å². The molecule has 2 amide bonds. The van der Waals surface area contributed by atoms with Gasteiger partial charge in [0.05, 0.1) is 18.3 Å². The van der Waals surface area contributed by atoms with Gasteiger partial charge in [-0.15, -0.1) is 22.7 Å². The highest BCUT2D eigenvalue weighted by Gasteiger charge is 2.29. The van der Waals surface area contributed by atoms with E-state index in [1.54, 1.807) is 24.4 Å². The average molecular weight is 617 g/mol. The van der Waals surface area contributed by atoms with E-state index < -0.39 is 53.2 Å². The number of aryl methyl sites for hydroxylation is 1. The Balaban J connectivity index is 1.50. The molecule has 2 aromatic heterocycles. The first kappa shape index (κ1) is 31.0. The molecule has 0 aliphatic rings. The molecule has 0 spiro atoms. The van der Waals surface area contributed by atoms with Gasteiger partial charge in [-0.05, 0) is 62.4 Å². The van der Waals surface area contributed by atoms with Crippen molar-refractivity contribution in [2.24, 2.45) is 0 Å². The largest absolute Gasteiger partial charge is 0.393 e. The standard InChI is InChI=1S/C29H27F3N4O4S2/c1-16(37)2-8-23(36-27(40)24-15-34-28(42-24)18-12-20(31)14-21(32)13-18)26(39)35-22(25(38)29-33-10-11-41-29)9-5-17-3-6-19(30)7-4-17/h3-4,6-7,10-16,22-23,37H,2,5,8-9H2,1H3,(H,35,39)(H,36,40)/t16?,22-,23-/m0/s1. The molecule has 0 aliphatic carbocycles. The van der Waals surface area contributed by atoms with Crippen LogP contribution in [0.5, 0.6) is 0 Å². The molecule has 1 unspecified atom stereocenters. The predicted molar refractivity (Wildman–Crippen MR) is 153 cm³/mol. The number of nitrogens with zero attached hydrogens (tertiary/aromatic N) is 2. The molecule has 42 heavy (non-hydrogen) atoms. The third-order valence-electron chi connectivity index (χ3n) is 6.24. The van der Waals surface area contributed by atoms with Crippen LogP contribution in [0.3, 0.4) is 0 Å². The zero-order valence-electron chi connectivity index (χ0n) is 22.4. The molecule has 4 rings (SSSR count). The van der Waals surface area contributed by atoms with Crippen molar-refractivity contribution in [3.05, 3.63) is 93.1 Å². The van der Waals surface area contributed by atoms with Gasteiger partial charge in [-0.25, -0.2) is 23.1 Å². The lowest BCUT2D eigenvalue weighted by molar-refractivity contribution is -0.123. The average Bonchev–Trinajstić information content (AvgIpc) is 3.66. The van der Waals surface area contributed by atoms with Gasteiger partial charge in [-0.1, -0.05) is 12.1 Å². The van der Waals surface area contributed by atoms with Crippen molar-refractivity contribution in [1.82, 2.24) is 20.6 Å². The number of aromatic nitrogens is 2. The molecule has 2 heterocycles. The number of benzene rings is 2. The Bertz CT molecular complexity index is 1510. The topological polar surface area (TPSA) is 121 Å². The Hall–Kier alpha value is -3.94. The molecular formula is C29H27F3N4O4S2. The summed E-state index contributed by atoms with van der Waals surface area (Å²) < 4.78 is 40.6. The number of hydrogen-bond acceptors (Lipinski definition) is 8. The van der Waals surface area contributed by atoms with Gasteiger partial charge in [-0.3, -0.25) is 14.4 Å². The predicted octanol–water partition coefficient (Wildman–Crippen LogP) is 4.94. The number of halogens is 3. The van der Waals surface area contributed by atoms with E-state index in [9.17, 15) is 32.7 Å². The maximum absolute atomic E-state index is 13.7. The summed E-state index contributed by atoms with van der Waals surface area (Å²) in [6.07, 6.45) is 2.73. The first-order chi connectivity index (χ1) is 20.1. The first-order valence-corrected chi connectivity index (χ1v) is 14.7. The van der Waals surface area contributed by atoms with Crippen LogP contribution in [-0.2, 0) is 11.2 Å². The molecule has 0 radical (unpaired) electrons. The number of nitrogens with one attached hydrogen (secondary N) is 2. The van der Waals surface area contributed by atoms with E-state index in [2.05, 4.69) is 20.6 Å². The number of Topliss-reactive ketones (excluding diaryl/α,β-unsaturated/α-hetero) is 1. The molecular weight excluding hydrogens is 589 g/mol. The Morgan fingerprint density at radius 1 is 0.905 bits per heavy atom. The van der Waals surface area contributed by atoms with Crippen LogP contribution in [0.25, 0.3) is 10.6 Å². The Kier molecular flexibility index (Phi) is 10.6. The number of ketones is 1. The van der Waals surface area contributed by atoms with E-state index in [4.69, 9.17) is 0 Å². The third kappa shape index (κ3) is 8.54. The quantitative estimate of drug-likeness (QED) is 0.183. The van der Waals surface area contributed by atoms with E-state index in [0.29, 0.717) is 6.42 Å². The smallest absolute Gasteiger partial charge is 0.263 e. The minimum Gasteiger partial charge on any atom is -0.393 e. The van der Waals surface area contributed by atoms with Gasteiger partial charge in [0.2, 0.25) is 11.7 Å². The van der Waals surface area contributed by atoms with Crippen LogP contribution in [0.2, 0.25) is 0 Å². The van der Waals surface area contributed by atoms with Gasteiger partial charge in [0.25, 0.3) is 5.91 Å². The van der Waals surface area contributed by atoms with E-state index in [1.807, 2.05) is 0 Å². The number of aliphatic hydroxyl groups is 1. The van der Waals surface area contributed by atoms with Crippen LogP contribution >= 0.6 is 22.7 Å². The van der Waals surface area contributed by atoms with Crippen molar-refractivity contribution in [2.75, 3.05) is 0 Å². The molecule has 8 nitrogen and oxygen atoms in total. The highest BCUT2D eigenvalue weighted by atomic mass is 32.1. The summed E-state index contributed by atoms with van der Waals surface area (Å²) in [4.78, 5) is 48.0. The SMILES string of the molecule is CC(O)CC[C@H](NC(=O)c1cnc(-c2cc(F)cc(F)c2)s1)C(=O)N[C@@H](CCc1ccc(F)cc1)C(=O)c1nccs1. The van der Waals surface area contributed by atoms with Crippen molar-refractivity contribution in [3.63, 3.8) is 0 Å². The van der Waals surface area contributed by atoms with Crippen molar-refractivity contribution in [2.45, 2.75) is 50.8 Å². The molecule has 3 N–H and O–H groups in total. The normalized spacial score (nSPS) is 13.3. The highest BCUT2D eigenvalue weighted by Crippen LogP contribution is 2.27. The molecule has 0 bridgehead atoms. The molecule has 3 atom stereocenters. The molecule has 13 heteroatoms. The monoisotopic (exact) mass is 616 g/mol. The van der Waals surface area contributed by atoms with Crippen molar-refractivity contribution >= 4 is 40.3 Å². The molecule has 0 saturated heterocycles. The van der Waals surface area contributed by atoms with E-state index >= 15 is 0 Å². The second-order valence-electron chi connectivity index (χ2n) is 9.57. The van der Waals surface area contributed by atoms with Crippen molar-refractivity contribution < 1.29 is 32.7 Å². The summed E-state index contributed by atoms with van der Waals surface area (Å²) in [5, 5.41) is 17.2. The number of hydrogen-bond donors (Lipinski definition) is 3. The minimum atomic E-state index is -1.12. The summed E-state index contributed by atoms with van der Waals surface area (Å²) in [7, 11) is 0. The van der Waals surface area contributed by atoms with E-state index in [1.165, 1.54) is 24.5 Å². The number of thiazole rings is 2. The fourth-order valence-corrected chi connectivity index (χ4v) is 5.53. The summed E-state index contributed by atoms with van der Waals surface area (Å²) in [6, 6.07) is 6.60. The van der Waals surface area contributed by atoms with E-state index in [-0.39, 0.29) is 39.7 Å². The maximum atomic E-state index is 13.7. The van der Waals surface area contributed by atoms with Gasteiger partial charge in [0.15, 0.2) is 5.01 Å². The van der Waals surface area contributed by atoms with Gasteiger partial charge in [0.1, 0.15) is 33.4 Å². The van der Waals surface area contributed by atoms with Gasteiger partial charge in [0, 0.05) is 23.2 Å². The molecule has 4 aromatic rings. The van der Waals surface area contributed by atoms with Crippen molar-refractivity contribution in [1.29, 1.82) is 0 Å². The fraction of sp³-hybridized carbons (Fsp3) is 0.276. The number of rotatable bonds is 13. The fourth-order valence-electron chi connectivity index (χ4n) is 4.09. The second-order valence-corrected chi connectivity index (χ2v) is 11.5. The lowest BCUT2D eigenvalue weighted by atomic mass is 10.0. The van der Waals surface area contributed by atoms with Gasteiger partial charge in [-0.2, -0.15) is 0 Å². The Labute approximate surface area is 247 Å². The second kappa shape index (κ2) is 14.3. The summed E-state index contributed by atoms with van der Waals surface area (Å²) in [6.45, 7) is 1.54. The molecule has 0 saturated carbocycles. The van der Waals surface area contributed by atoms with Gasteiger partial charge >= 0.3 is 0 Å². The number of aliphatic hydroxyl groups excluding tert-OH is 1. The summed E-state index contributed by atoms with van der Waals surface area (Å²) in [5.41, 5.74) is 0.922.